The summed E-state index contributed by atoms with van der Waals surface area (Å²) in [4.78, 5) is 15.4. The van der Waals surface area contributed by atoms with Crippen LogP contribution in [-0.2, 0) is 0 Å². The lowest BCUT2D eigenvalue weighted by molar-refractivity contribution is 1.08. The maximum atomic E-state index is 5.19. The van der Waals surface area contributed by atoms with E-state index in [4.69, 9.17) is 15.0 Å². The van der Waals surface area contributed by atoms with Crippen molar-refractivity contribution in [1.29, 1.82) is 0 Å². The third-order valence-corrected chi connectivity index (χ3v) is 9.34. The maximum absolute atomic E-state index is 5.19. The fourth-order valence-electron chi connectivity index (χ4n) is 6.85. The lowest BCUT2D eigenvalue weighted by atomic mass is 9.92. The smallest absolute Gasteiger partial charge is 0.164 e. The van der Waals surface area contributed by atoms with E-state index in [-0.39, 0.29) is 0 Å². The predicted octanol–water partition coefficient (Wildman–Crippen LogP) is 12.2. The van der Waals surface area contributed by atoms with Gasteiger partial charge in [-0.05, 0) is 73.1 Å². The van der Waals surface area contributed by atoms with Crippen LogP contribution in [-0.4, -0.2) is 15.0 Å². The fourth-order valence-corrected chi connectivity index (χ4v) is 6.85. The Kier molecular flexibility index (Phi) is 7.49. The molecule has 3 nitrogen and oxygen atoms in total. The zero-order chi connectivity index (χ0) is 33.3. The molecule has 0 aliphatic carbocycles. The summed E-state index contributed by atoms with van der Waals surface area (Å²) in [5.41, 5.74) is 9.87. The normalized spacial score (nSPS) is 11.2. The minimum Gasteiger partial charge on any atom is -0.208 e. The highest BCUT2D eigenvalue weighted by atomic mass is 15.0. The zero-order valence-corrected chi connectivity index (χ0v) is 27.2. The zero-order valence-electron chi connectivity index (χ0n) is 27.2. The number of fused-ring (bicyclic) bond motifs is 2. The highest BCUT2D eigenvalue weighted by Crippen LogP contribution is 2.38. The molecule has 1 aromatic heterocycles. The Hall–Kier alpha value is -6.71. The van der Waals surface area contributed by atoms with Crippen LogP contribution in [0, 0.1) is 0 Å². The van der Waals surface area contributed by atoms with Gasteiger partial charge >= 0.3 is 0 Å². The fraction of sp³-hybridized carbons (Fsp3) is 0. The van der Waals surface area contributed by atoms with Gasteiger partial charge in [0.25, 0.3) is 0 Å². The predicted molar refractivity (Wildman–Crippen MR) is 207 cm³/mol. The van der Waals surface area contributed by atoms with Gasteiger partial charge in [0.05, 0.1) is 0 Å². The molecule has 0 aliphatic heterocycles. The highest BCUT2D eigenvalue weighted by molar-refractivity contribution is 6.05. The molecule has 9 aromatic rings. The summed E-state index contributed by atoms with van der Waals surface area (Å²) in [6.07, 6.45) is 0. The van der Waals surface area contributed by atoms with Crippen LogP contribution < -0.4 is 0 Å². The van der Waals surface area contributed by atoms with Crippen LogP contribution in [0.1, 0.15) is 0 Å². The van der Waals surface area contributed by atoms with Crippen LogP contribution >= 0.6 is 0 Å². The largest absolute Gasteiger partial charge is 0.208 e. The van der Waals surface area contributed by atoms with Crippen LogP contribution in [0.4, 0.5) is 0 Å². The van der Waals surface area contributed by atoms with Crippen molar-refractivity contribution in [3.8, 4) is 67.5 Å². The van der Waals surface area contributed by atoms with Gasteiger partial charge in [-0.1, -0.05) is 170 Å². The first kappa shape index (κ1) is 29.4. The second-order valence-electron chi connectivity index (χ2n) is 12.4. The van der Waals surface area contributed by atoms with Gasteiger partial charge in [-0.3, -0.25) is 0 Å². The van der Waals surface area contributed by atoms with E-state index >= 15 is 0 Å². The molecule has 1 heterocycles. The lowest BCUT2D eigenvalue weighted by Crippen LogP contribution is -2.01. The number of nitrogens with zero attached hydrogens (tertiary/aromatic N) is 3. The molecular formula is C47H31N3. The van der Waals surface area contributed by atoms with E-state index in [0.29, 0.717) is 17.5 Å². The second-order valence-corrected chi connectivity index (χ2v) is 12.4. The number of hydrogen-bond donors (Lipinski definition) is 0. The standard InChI is InChI=1S/C47H31N3/c1-4-14-32(15-5-1)35-24-25-37-31-38(27-26-36(37)30-35)40-28-29-44(42-22-12-11-21-41(40)42)47-49-45(34-18-8-3-9-19-34)48-46(50-47)43-23-13-10-20-39(43)33-16-6-2-7-17-33/h1-31H. The number of aromatic nitrogens is 3. The molecule has 0 N–H and O–H groups in total. The molecule has 50 heavy (non-hydrogen) atoms. The van der Waals surface area contributed by atoms with Gasteiger partial charge in [-0.25, -0.2) is 15.0 Å². The van der Waals surface area contributed by atoms with Gasteiger partial charge in [0.2, 0.25) is 0 Å². The maximum Gasteiger partial charge on any atom is 0.164 e. The van der Waals surface area contributed by atoms with E-state index in [1.54, 1.807) is 0 Å². The van der Waals surface area contributed by atoms with Gasteiger partial charge in [-0.15, -0.1) is 0 Å². The number of hydrogen-bond acceptors (Lipinski definition) is 3. The van der Waals surface area contributed by atoms with Crippen molar-refractivity contribution < 1.29 is 0 Å². The van der Waals surface area contributed by atoms with Crippen molar-refractivity contribution in [2.45, 2.75) is 0 Å². The van der Waals surface area contributed by atoms with E-state index in [9.17, 15) is 0 Å². The molecule has 9 rings (SSSR count). The molecule has 0 saturated carbocycles. The third-order valence-electron chi connectivity index (χ3n) is 9.34. The Morgan fingerprint density at radius 1 is 0.240 bits per heavy atom. The molecule has 0 spiro atoms. The van der Waals surface area contributed by atoms with Gasteiger partial charge < -0.3 is 0 Å². The third kappa shape index (κ3) is 5.51. The van der Waals surface area contributed by atoms with Gasteiger partial charge in [0, 0.05) is 16.7 Å². The molecule has 234 valence electrons. The average Bonchev–Trinajstić information content (AvgIpc) is 3.21. The second kappa shape index (κ2) is 12.7. The van der Waals surface area contributed by atoms with Crippen molar-refractivity contribution in [2.75, 3.05) is 0 Å². The van der Waals surface area contributed by atoms with E-state index < -0.39 is 0 Å². The molecule has 0 atom stereocenters. The SMILES string of the molecule is c1ccc(-c2ccc3cc(-c4ccc(-c5nc(-c6ccccc6)nc(-c6ccccc6-c6ccccc6)n5)c5ccccc45)ccc3c2)cc1. The molecule has 0 radical (unpaired) electrons. The van der Waals surface area contributed by atoms with Gasteiger partial charge in [0.1, 0.15) is 0 Å². The Bertz CT molecular complexity index is 2630. The van der Waals surface area contributed by atoms with Crippen molar-refractivity contribution in [1.82, 2.24) is 15.0 Å². The Balaban J connectivity index is 1.19. The monoisotopic (exact) mass is 637 g/mol. The first-order valence-electron chi connectivity index (χ1n) is 16.9. The van der Waals surface area contributed by atoms with E-state index in [2.05, 4.69) is 158 Å². The molecule has 0 amide bonds. The molecule has 0 unspecified atom stereocenters. The summed E-state index contributed by atoms with van der Waals surface area (Å²) in [6, 6.07) is 65.8. The number of benzene rings is 8. The topological polar surface area (TPSA) is 38.7 Å². The van der Waals surface area contributed by atoms with E-state index in [1.165, 1.54) is 33.0 Å². The quantitative estimate of drug-likeness (QED) is 0.182. The molecule has 0 bridgehead atoms. The molecule has 0 saturated heterocycles. The Labute approximate surface area is 291 Å². The van der Waals surface area contributed by atoms with E-state index in [0.717, 1.165) is 38.6 Å². The minimum atomic E-state index is 0.644. The average molecular weight is 638 g/mol. The van der Waals surface area contributed by atoms with E-state index in [1.807, 2.05) is 30.3 Å². The molecule has 8 aromatic carbocycles. The van der Waals surface area contributed by atoms with Crippen LogP contribution in [0.3, 0.4) is 0 Å². The van der Waals surface area contributed by atoms with Crippen LogP contribution in [0.5, 0.6) is 0 Å². The first-order valence-corrected chi connectivity index (χ1v) is 16.9. The molecule has 0 aliphatic rings. The first-order chi connectivity index (χ1) is 24.8. The summed E-state index contributed by atoms with van der Waals surface area (Å²) >= 11 is 0. The highest BCUT2D eigenvalue weighted by Gasteiger charge is 2.18. The van der Waals surface area contributed by atoms with Crippen molar-refractivity contribution in [2.24, 2.45) is 0 Å². The lowest BCUT2D eigenvalue weighted by Gasteiger charge is -2.14. The van der Waals surface area contributed by atoms with Gasteiger partial charge in [-0.2, -0.15) is 0 Å². The summed E-state index contributed by atoms with van der Waals surface area (Å²) in [5, 5.41) is 4.68. The number of rotatable bonds is 6. The van der Waals surface area contributed by atoms with Crippen molar-refractivity contribution >= 4 is 21.5 Å². The minimum absolute atomic E-state index is 0.644. The summed E-state index contributed by atoms with van der Waals surface area (Å²) in [6.45, 7) is 0. The van der Waals surface area contributed by atoms with Crippen molar-refractivity contribution in [3.05, 3.63) is 188 Å². The summed E-state index contributed by atoms with van der Waals surface area (Å²) in [5.74, 6) is 1.93. The van der Waals surface area contributed by atoms with Crippen LogP contribution in [0.25, 0.3) is 89.1 Å². The molecule has 3 heteroatoms. The van der Waals surface area contributed by atoms with Crippen LogP contribution in [0.15, 0.2) is 188 Å². The summed E-state index contributed by atoms with van der Waals surface area (Å²) in [7, 11) is 0. The van der Waals surface area contributed by atoms with Crippen LogP contribution in [0.2, 0.25) is 0 Å². The van der Waals surface area contributed by atoms with Crippen molar-refractivity contribution in [3.63, 3.8) is 0 Å². The Morgan fingerprint density at radius 3 is 1.38 bits per heavy atom. The molecular weight excluding hydrogens is 607 g/mol. The summed E-state index contributed by atoms with van der Waals surface area (Å²) < 4.78 is 0. The Morgan fingerprint density at radius 2 is 0.700 bits per heavy atom. The molecule has 0 fully saturated rings. The van der Waals surface area contributed by atoms with Gasteiger partial charge in [0.15, 0.2) is 17.5 Å².